The summed E-state index contributed by atoms with van der Waals surface area (Å²) in [6.07, 6.45) is 2.07. The van der Waals surface area contributed by atoms with Gasteiger partial charge in [0.05, 0.1) is 11.4 Å². The predicted octanol–water partition coefficient (Wildman–Crippen LogP) is 0.906. The van der Waals surface area contributed by atoms with Gasteiger partial charge in [0.1, 0.15) is 0 Å². The standard InChI is InChI=1S/C12H22N4/c1-4-10-6-11(15(3)14-10)7-16-8-12(13,5-2)9-16/h6H,4-5,7-9,13H2,1-3H3. The van der Waals surface area contributed by atoms with E-state index in [0.29, 0.717) is 0 Å². The molecule has 0 radical (unpaired) electrons. The quantitative estimate of drug-likeness (QED) is 0.823. The van der Waals surface area contributed by atoms with Gasteiger partial charge in [-0.15, -0.1) is 0 Å². The fourth-order valence-corrected chi connectivity index (χ4v) is 2.30. The molecule has 4 nitrogen and oxygen atoms in total. The molecule has 2 rings (SSSR count). The third-order valence-corrected chi connectivity index (χ3v) is 3.56. The third-order valence-electron chi connectivity index (χ3n) is 3.56. The molecule has 0 spiro atoms. The molecule has 1 aliphatic rings. The highest BCUT2D eigenvalue weighted by Gasteiger charge is 2.37. The molecule has 90 valence electrons. The second-order valence-corrected chi connectivity index (χ2v) is 4.97. The number of hydrogen-bond acceptors (Lipinski definition) is 3. The fourth-order valence-electron chi connectivity index (χ4n) is 2.30. The largest absolute Gasteiger partial charge is 0.323 e. The molecule has 2 N–H and O–H groups in total. The molecule has 0 unspecified atom stereocenters. The van der Waals surface area contributed by atoms with E-state index in [4.69, 9.17) is 5.73 Å². The lowest BCUT2D eigenvalue weighted by atomic mass is 9.88. The molecular formula is C12H22N4. The van der Waals surface area contributed by atoms with Crippen molar-refractivity contribution in [2.45, 2.75) is 38.8 Å². The molecule has 0 bridgehead atoms. The molecule has 0 saturated carbocycles. The highest BCUT2D eigenvalue weighted by atomic mass is 15.3. The molecule has 0 amide bonds. The molecule has 1 aromatic rings. The lowest BCUT2D eigenvalue weighted by Crippen LogP contribution is -2.66. The van der Waals surface area contributed by atoms with Gasteiger partial charge in [-0.1, -0.05) is 13.8 Å². The van der Waals surface area contributed by atoms with Gasteiger partial charge in [0.15, 0.2) is 0 Å². The zero-order chi connectivity index (χ0) is 11.8. The molecule has 1 aromatic heterocycles. The van der Waals surface area contributed by atoms with Crippen molar-refractivity contribution in [1.29, 1.82) is 0 Å². The first-order chi connectivity index (χ1) is 7.56. The van der Waals surface area contributed by atoms with Gasteiger partial charge in [0, 0.05) is 32.2 Å². The van der Waals surface area contributed by atoms with Crippen molar-refractivity contribution in [3.05, 3.63) is 17.5 Å². The summed E-state index contributed by atoms with van der Waals surface area (Å²) >= 11 is 0. The summed E-state index contributed by atoms with van der Waals surface area (Å²) in [6, 6.07) is 2.20. The van der Waals surface area contributed by atoms with Crippen LogP contribution in [0.25, 0.3) is 0 Å². The van der Waals surface area contributed by atoms with Crippen LogP contribution in [-0.2, 0) is 20.0 Å². The van der Waals surface area contributed by atoms with Crippen molar-refractivity contribution in [2.75, 3.05) is 13.1 Å². The Kier molecular flexibility index (Phi) is 3.04. The lowest BCUT2D eigenvalue weighted by molar-refractivity contribution is 0.0585. The normalized spacial score (nSPS) is 19.8. The third kappa shape index (κ3) is 2.13. The Hall–Kier alpha value is -0.870. The minimum absolute atomic E-state index is 0.0617. The van der Waals surface area contributed by atoms with E-state index in [2.05, 4.69) is 29.9 Å². The van der Waals surface area contributed by atoms with E-state index >= 15 is 0 Å². The van der Waals surface area contributed by atoms with Gasteiger partial charge in [0.25, 0.3) is 0 Å². The molecule has 0 aliphatic carbocycles. The first kappa shape index (κ1) is 11.6. The van der Waals surface area contributed by atoms with Crippen LogP contribution in [0.2, 0.25) is 0 Å². The summed E-state index contributed by atoms with van der Waals surface area (Å²) in [6.45, 7) is 7.29. The molecule has 4 heteroatoms. The van der Waals surface area contributed by atoms with Crippen molar-refractivity contribution >= 4 is 0 Å². The predicted molar refractivity (Wildman–Crippen MR) is 65.1 cm³/mol. The maximum absolute atomic E-state index is 6.15. The van der Waals surface area contributed by atoms with Crippen molar-refractivity contribution in [3.8, 4) is 0 Å². The Morgan fingerprint density at radius 3 is 2.62 bits per heavy atom. The Balaban J connectivity index is 1.93. The Morgan fingerprint density at radius 2 is 2.12 bits per heavy atom. The van der Waals surface area contributed by atoms with Crippen LogP contribution in [0.1, 0.15) is 31.7 Å². The van der Waals surface area contributed by atoms with Crippen molar-refractivity contribution in [2.24, 2.45) is 12.8 Å². The van der Waals surface area contributed by atoms with Crippen LogP contribution in [0.3, 0.4) is 0 Å². The maximum Gasteiger partial charge on any atom is 0.0625 e. The van der Waals surface area contributed by atoms with E-state index < -0.39 is 0 Å². The van der Waals surface area contributed by atoms with Crippen molar-refractivity contribution < 1.29 is 0 Å². The van der Waals surface area contributed by atoms with E-state index in [0.717, 1.165) is 32.5 Å². The molecule has 1 saturated heterocycles. The molecule has 0 atom stereocenters. The van der Waals surface area contributed by atoms with Crippen LogP contribution in [0.5, 0.6) is 0 Å². The number of rotatable bonds is 4. The number of aromatic nitrogens is 2. The van der Waals surface area contributed by atoms with Crippen molar-refractivity contribution in [3.63, 3.8) is 0 Å². The van der Waals surface area contributed by atoms with Crippen LogP contribution in [0.4, 0.5) is 0 Å². The summed E-state index contributed by atoms with van der Waals surface area (Å²) in [4.78, 5) is 2.39. The summed E-state index contributed by atoms with van der Waals surface area (Å²) < 4.78 is 1.99. The topological polar surface area (TPSA) is 47.1 Å². The van der Waals surface area contributed by atoms with Crippen LogP contribution in [0.15, 0.2) is 6.07 Å². The van der Waals surface area contributed by atoms with Gasteiger partial charge in [-0.05, 0) is 18.9 Å². The molecule has 1 fully saturated rings. The monoisotopic (exact) mass is 222 g/mol. The Labute approximate surface area is 97.4 Å². The molecule has 0 aromatic carbocycles. The van der Waals surface area contributed by atoms with Crippen molar-refractivity contribution in [1.82, 2.24) is 14.7 Å². The minimum Gasteiger partial charge on any atom is -0.323 e. The fraction of sp³-hybridized carbons (Fsp3) is 0.750. The lowest BCUT2D eigenvalue weighted by Gasteiger charge is -2.47. The summed E-state index contributed by atoms with van der Waals surface area (Å²) in [7, 11) is 2.02. The molecular weight excluding hydrogens is 200 g/mol. The smallest absolute Gasteiger partial charge is 0.0625 e. The second kappa shape index (κ2) is 4.18. The van der Waals surface area contributed by atoms with Crippen LogP contribution in [0, 0.1) is 0 Å². The summed E-state index contributed by atoms with van der Waals surface area (Å²) in [5, 5.41) is 4.46. The summed E-state index contributed by atoms with van der Waals surface area (Å²) in [5.74, 6) is 0. The Bertz CT molecular complexity index is 363. The van der Waals surface area contributed by atoms with Gasteiger partial charge >= 0.3 is 0 Å². The van der Waals surface area contributed by atoms with Gasteiger partial charge in [0.2, 0.25) is 0 Å². The highest BCUT2D eigenvalue weighted by Crippen LogP contribution is 2.23. The van der Waals surface area contributed by atoms with Crippen LogP contribution < -0.4 is 5.73 Å². The van der Waals surface area contributed by atoms with E-state index in [1.807, 2.05) is 11.7 Å². The number of likely N-dealkylation sites (tertiary alicyclic amines) is 1. The van der Waals surface area contributed by atoms with E-state index in [1.165, 1.54) is 11.4 Å². The Morgan fingerprint density at radius 1 is 1.44 bits per heavy atom. The van der Waals surface area contributed by atoms with E-state index in [1.54, 1.807) is 0 Å². The van der Waals surface area contributed by atoms with Gasteiger partial charge in [-0.3, -0.25) is 9.58 Å². The molecule has 1 aliphatic heterocycles. The maximum atomic E-state index is 6.15. The minimum atomic E-state index is 0.0617. The average molecular weight is 222 g/mol. The summed E-state index contributed by atoms with van der Waals surface area (Å²) in [5.41, 5.74) is 8.67. The number of hydrogen-bond donors (Lipinski definition) is 1. The number of nitrogens with two attached hydrogens (primary N) is 1. The first-order valence-electron chi connectivity index (χ1n) is 6.09. The van der Waals surface area contributed by atoms with E-state index in [9.17, 15) is 0 Å². The zero-order valence-corrected chi connectivity index (χ0v) is 10.5. The van der Waals surface area contributed by atoms with Gasteiger partial charge in [-0.25, -0.2) is 0 Å². The first-order valence-corrected chi connectivity index (χ1v) is 6.09. The van der Waals surface area contributed by atoms with Gasteiger partial charge in [-0.2, -0.15) is 5.10 Å². The SMILES string of the molecule is CCc1cc(CN2CC(N)(CC)C2)n(C)n1. The average Bonchev–Trinajstić information content (AvgIpc) is 2.57. The molecule has 2 heterocycles. The van der Waals surface area contributed by atoms with Gasteiger partial charge < -0.3 is 5.73 Å². The zero-order valence-electron chi connectivity index (χ0n) is 10.5. The van der Waals surface area contributed by atoms with E-state index in [-0.39, 0.29) is 5.54 Å². The number of aryl methyl sites for hydroxylation is 2. The van der Waals surface area contributed by atoms with Crippen LogP contribution in [-0.4, -0.2) is 33.3 Å². The highest BCUT2D eigenvalue weighted by molar-refractivity contribution is 5.12. The second-order valence-electron chi connectivity index (χ2n) is 4.97. The molecule has 16 heavy (non-hydrogen) atoms. The number of nitrogens with zero attached hydrogens (tertiary/aromatic N) is 3. The van der Waals surface area contributed by atoms with Crippen LogP contribution >= 0.6 is 0 Å².